The standard InChI is InChI=1S/C25H18F4N4O4/c26-16-4-1-11(9-15(16)25(27,28)29)31-24(35)33-21-20-14-10-12(2-5-17(14)37-22(20)21)36-18-7-8-30-23-13(18)3-6-19(34)32-23/h1-2,4-5,7-10,20-22H,3,6H2,(H,30,32,34)(H2,31,33,35)/t20-,21+,22-/m0/s1. The van der Waals surface area contributed by atoms with Gasteiger partial charge in [0.05, 0.1) is 17.5 Å². The first-order valence-corrected chi connectivity index (χ1v) is 11.4. The molecule has 1 aromatic heterocycles. The molecule has 190 valence electrons. The summed E-state index contributed by atoms with van der Waals surface area (Å²) >= 11 is 0. The third kappa shape index (κ3) is 4.28. The molecule has 0 radical (unpaired) electrons. The van der Waals surface area contributed by atoms with Crippen LogP contribution in [0.4, 0.5) is 33.9 Å². The first-order valence-electron chi connectivity index (χ1n) is 11.4. The average Bonchev–Trinajstić information content (AvgIpc) is 3.35. The number of benzene rings is 2. The maximum Gasteiger partial charge on any atom is 0.419 e. The Bertz CT molecular complexity index is 1440. The summed E-state index contributed by atoms with van der Waals surface area (Å²) in [5.41, 5.74) is -0.0267. The van der Waals surface area contributed by atoms with Crippen LogP contribution in [0.2, 0.25) is 0 Å². The van der Waals surface area contributed by atoms with Crippen LogP contribution in [0.25, 0.3) is 0 Å². The molecule has 3 aliphatic rings. The van der Waals surface area contributed by atoms with E-state index in [1.807, 2.05) is 6.07 Å². The summed E-state index contributed by atoms with van der Waals surface area (Å²) in [6.07, 6.45) is -2.82. The number of pyridine rings is 1. The number of anilines is 2. The molecular weight excluding hydrogens is 496 g/mol. The van der Waals surface area contributed by atoms with Gasteiger partial charge in [-0.25, -0.2) is 14.2 Å². The molecule has 3 amide bonds. The van der Waals surface area contributed by atoms with Gasteiger partial charge in [-0.1, -0.05) is 0 Å². The summed E-state index contributed by atoms with van der Waals surface area (Å²) in [6, 6.07) is 8.16. The van der Waals surface area contributed by atoms with Crippen LogP contribution in [-0.4, -0.2) is 29.1 Å². The number of halogens is 4. The molecule has 6 rings (SSSR count). The SMILES string of the molecule is O=C1CCc2c(Oc3ccc4c(c3)[C@H]3[C@@H](NC(=O)Nc5ccc(F)c(C(F)(F)F)c5)[C@H]3O4)ccnc2N1. The molecule has 37 heavy (non-hydrogen) atoms. The smallest absolute Gasteiger partial charge is 0.419 e. The quantitative estimate of drug-likeness (QED) is 0.427. The van der Waals surface area contributed by atoms with E-state index in [2.05, 4.69) is 20.9 Å². The van der Waals surface area contributed by atoms with Crippen LogP contribution in [0.5, 0.6) is 17.2 Å². The van der Waals surface area contributed by atoms with E-state index in [4.69, 9.17) is 9.47 Å². The summed E-state index contributed by atoms with van der Waals surface area (Å²) in [7, 11) is 0. The van der Waals surface area contributed by atoms with Crippen molar-refractivity contribution in [3.63, 3.8) is 0 Å². The Morgan fingerprint density at radius 3 is 2.78 bits per heavy atom. The lowest BCUT2D eigenvalue weighted by Gasteiger charge is -2.19. The molecule has 3 aromatic rings. The summed E-state index contributed by atoms with van der Waals surface area (Å²) in [5.74, 6) is 0.549. The Morgan fingerprint density at radius 2 is 1.97 bits per heavy atom. The van der Waals surface area contributed by atoms with Gasteiger partial charge in [0.2, 0.25) is 5.91 Å². The number of carbonyl (C=O) groups is 2. The molecule has 8 nitrogen and oxygen atoms in total. The van der Waals surface area contributed by atoms with Gasteiger partial charge in [-0.2, -0.15) is 13.2 Å². The number of hydrogen-bond acceptors (Lipinski definition) is 5. The monoisotopic (exact) mass is 514 g/mol. The number of nitrogens with zero attached hydrogens (tertiary/aromatic N) is 1. The molecule has 0 unspecified atom stereocenters. The lowest BCUT2D eigenvalue weighted by molar-refractivity contribution is -0.139. The minimum Gasteiger partial charge on any atom is -0.487 e. The molecule has 3 N–H and O–H groups in total. The normalized spacial score (nSPS) is 21.1. The van der Waals surface area contributed by atoms with Crippen molar-refractivity contribution >= 4 is 23.4 Å². The first-order chi connectivity index (χ1) is 17.7. The van der Waals surface area contributed by atoms with E-state index < -0.39 is 29.6 Å². The number of fused-ring (bicyclic) bond motifs is 4. The molecule has 12 heteroatoms. The van der Waals surface area contributed by atoms with Crippen LogP contribution in [0.3, 0.4) is 0 Å². The summed E-state index contributed by atoms with van der Waals surface area (Å²) < 4.78 is 64.3. The Balaban J connectivity index is 1.13. The van der Waals surface area contributed by atoms with Gasteiger partial charge in [0.15, 0.2) is 0 Å². The second kappa shape index (κ2) is 8.36. The van der Waals surface area contributed by atoms with Gasteiger partial charge in [0, 0.05) is 29.4 Å². The number of aromatic nitrogens is 1. The molecule has 2 aromatic carbocycles. The Kier molecular flexibility index (Phi) is 5.21. The van der Waals surface area contributed by atoms with E-state index in [-0.39, 0.29) is 23.6 Å². The molecule has 1 fully saturated rings. The van der Waals surface area contributed by atoms with Crippen LogP contribution < -0.4 is 25.4 Å². The van der Waals surface area contributed by atoms with Crippen LogP contribution in [0.1, 0.15) is 29.0 Å². The minimum absolute atomic E-state index is 0.102. The highest BCUT2D eigenvalue weighted by atomic mass is 19.4. The van der Waals surface area contributed by atoms with Crippen LogP contribution in [0.15, 0.2) is 48.7 Å². The van der Waals surface area contributed by atoms with Crippen LogP contribution >= 0.6 is 0 Å². The number of carbonyl (C=O) groups excluding carboxylic acids is 2. The zero-order valence-electron chi connectivity index (χ0n) is 18.9. The van der Waals surface area contributed by atoms with Gasteiger partial charge >= 0.3 is 12.2 Å². The highest BCUT2D eigenvalue weighted by molar-refractivity contribution is 5.93. The first kappa shape index (κ1) is 23.1. The van der Waals surface area contributed by atoms with Crippen molar-refractivity contribution in [2.75, 3.05) is 10.6 Å². The molecule has 0 saturated heterocycles. The second-order valence-corrected chi connectivity index (χ2v) is 8.91. The lowest BCUT2D eigenvalue weighted by atomic mass is 10.1. The van der Waals surface area contributed by atoms with E-state index in [1.165, 1.54) is 0 Å². The highest BCUT2D eigenvalue weighted by Crippen LogP contribution is 2.54. The lowest BCUT2D eigenvalue weighted by Crippen LogP contribution is -2.34. The van der Waals surface area contributed by atoms with Crippen LogP contribution in [0, 0.1) is 5.82 Å². The Morgan fingerprint density at radius 1 is 1.14 bits per heavy atom. The predicted octanol–water partition coefficient (Wildman–Crippen LogP) is 4.97. The van der Waals surface area contributed by atoms with Gasteiger partial charge < -0.3 is 25.4 Å². The summed E-state index contributed by atoms with van der Waals surface area (Å²) in [5, 5.41) is 7.73. The summed E-state index contributed by atoms with van der Waals surface area (Å²) in [6.45, 7) is 0. The van der Waals surface area contributed by atoms with Gasteiger partial charge in [-0.3, -0.25) is 4.79 Å². The largest absolute Gasteiger partial charge is 0.487 e. The van der Waals surface area contributed by atoms with Gasteiger partial charge in [-0.05, 0) is 48.9 Å². The molecular formula is C25H18F4N4O4. The van der Waals surface area contributed by atoms with Crippen molar-refractivity contribution < 1.29 is 36.6 Å². The summed E-state index contributed by atoms with van der Waals surface area (Å²) in [4.78, 5) is 28.2. The van der Waals surface area contributed by atoms with Crippen molar-refractivity contribution in [3.05, 3.63) is 71.2 Å². The molecule has 3 heterocycles. The number of nitrogens with one attached hydrogen (secondary N) is 3. The Labute approximate surface area is 207 Å². The second-order valence-electron chi connectivity index (χ2n) is 8.91. The van der Waals surface area contributed by atoms with Crippen molar-refractivity contribution in [2.45, 2.75) is 37.1 Å². The molecule has 1 saturated carbocycles. The van der Waals surface area contributed by atoms with E-state index in [1.54, 1.807) is 24.4 Å². The molecule has 2 aliphatic heterocycles. The molecule has 0 spiro atoms. The van der Waals surface area contributed by atoms with Gasteiger partial charge in [-0.15, -0.1) is 0 Å². The van der Waals surface area contributed by atoms with E-state index in [9.17, 15) is 27.2 Å². The minimum atomic E-state index is -4.88. The fourth-order valence-electron chi connectivity index (χ4n) is 4.70. The van der Waals surface area contributed by atoms with E-state index in [0.717, 1.165) is 17.2 Å². The maximum absolute atomic E-state index is 13.5. The maximum atomic E-state index is 13.5. The van der Waals surface area contributed by atoms with Gasteiger partial charge in [0.25, 0.3) is 0 Å². The number of hydrogen-bond donors (Lipinski definition) is 3. The third-order valence-electron chi connectivity index (χ3n) is 6.49. The predicted molar refractivity (Wildman–Crippen MR) is 122 cm³/mol. The van der Waals surface area contributed by atoms with Crippen LogP contribution in [-0.2, 0) is 17.4 Å². The number of rotatable bonds is 4. The Hall–Kier alpha value is -4.35. The highest BCUT2D eigenvalue weighted by Gasteiger charge is 2.59. The average molecular weight is 514 g/mol. The zero-order valence-corrected chi connectivity index (χ0v) is 18.9. The van der Waals surface area contributed by atoms with Gasteiger partial charge in [0.1, 0.15) is 35.0 Å². The zero-order chi connectivity index (χ0) is 25.9. The molecule has 3 atom stereocenters. The third-order valence-corrected chi connectivity index (χ3v) is 6.49. The van der Waals surface area contributed by atoms with Crippen molar-refractivity contribution in [2.24, 2.45) is 0 Å². The topological polar surface area (TPSA) is 102 Å². The number of urea groups is 1. The fourth-order valence-corrected chi connectivity index (χ4v) is 4.70. The number of amides is 3. The number of alkyl halides is 3. The van der Waals surface area contributed by atoms with E-state index >= 15 is 0 Å². The van der Waals surface area contributed by atoms with Crippen molar-refractivity contribution in [1.29, 1.82) is 0 Å². The van der Waals surface area contributed by atoms with E-state index in [0.29, 0.717) is 48.0 Å². The molecule has 0 bridgehead atoms. The fraction of sp³-hybridized carbons (Fsp3) is 0.240. The number of ether oxygens (including phenoxy) is 2. The van der Waals surface area contributed by atoms with Crippen molar-refractivity contribution in [3.8, 4) is 17.2 Å². The molecule has 1 aliphatic carbocycles. The van der Waals surface area contributed by atoms with Crippen molar-refractivity contribution in [1.82, 2.24) is 10.3 Å².